The van der Waals surface area contributed by atoms with E-state index < -0.39 is 10.0 Å². The van der Waals surface area contributed by atoms with Gasteiger partial charge in [0.2, 0.25) is 0 Å². The summed E-state index contributed by atoms with van der Waals surface area (Å²) < 4.78 is 33.1. The van der Waals surface area contributed by atoms with Crippen LogP contribution in [0.4, 0.5) is 5.69 Å². The van der Waals surface area contributed by atoms with Crippen molar-refractivity contribution in [3.05, 3.63) is 52.9 Å². The fraction of sp³-hybridized carbons (Fsp3) is 0.286. The normalized spacial score (nSPS) is 15.5. The number of rotatable bonds is 6. The van der Waals surface area contributed by atoms with Gasteiger partial charge in [0.05, 0.1) is 30.1 Å². The van der Waals surface area contributed by atoms with Crippen LogP contribution in [0.2, 0.25) is 0 Å². The second-order valence-electron chi connectivity index (χ2n) is 7.35. The van der Waals surface area contributed by atoms with Crippen LogP contribution >= 0.6 is 22.7 Å². The molecular weight excluding hydrogens is 452 g/mol. The van der Waals surface area contributed by atoms with E-state index in [2.05, 4.69) is 14.9 Å². The van der Waals surface area contributed by atoms with Crippen molar-refractivity contribution in [2.24, 2.45) is 0 Å². The molecule has 10 heteroatoms. The van der Waals surface area contributed by atoms with E-state index in [0.29, 0.717) is 9.90 Å². The molecule has 162 valence electrons. The molecule has 0 atom stereocenters. The molecule has 0 aliphatic carbocycles. The Morgan fingerprint density at radius 2 is 2.06 bits per heavy atom. The molecule has 4 aromatic rings. The lowest BCUT2D eigenvalue weighted by Gasteiger charge is -2.25. The van der Waals surface area contributed by atoms with Crippen LogP contribution in [0.25, 0.3) is 21.6 Å². The maximum absolute atomic E-state index is 13.0. The maximum atomic E-state index is 13.0. The number of morpholine rings is 1. The van der Waals surface area contributed by atoms with Crippen molar-refractivity contribution >= 4 is 49.3 Å². The summed E-state index contributed by atoms with van der Waals surface area (Å²) in [5.74, 6) is 0. The Bertz CT molecular complexity index is 1290. The van der Waals surface area contributed by atoms with Crippen LogP contribution in [-0.4, -0.2) is 56.6 Å². The van der Waals surface area contributed by atoms with Gasteiger partial charge in [-0.2, -0.15) is 0 Å². The van der Waals surface area contributed by atoms with Gasteiger partial charge in [-0.15, -0.1) is 22.7 Å². The highest BCUT2D eigenvalue weighted by molar-refractivity contribution is 7.94. The summed E-state index contributed by atoms with van der Waals surface area (Å²) in [5.41, 5.74) is 2.29. The second kappa shape index (κ2) is 8.36. The van der Waals surface area contributed by atoms with E-state index in [0.717, 1.165) is 54.5 Å². The number of thiophene rings is 1. The molecule has 1 aliphatic heterocycles. The van der Waals surface area contributed by atoms with Gasteiger partial charge >= 0.3 is 0 Å². The van der Waals surface area contributed by atoms with E-state index in [4.69, 9.17) is 4.74 Å². The molecule has 0 unspecified atom stereocenters. The van der Waals surface area contributed by atoms with Gasteiger partial charge in [-0.25, -0.2) is 13.4 Å². The number of hydrogen-bond acceptors (Lipinski definition) is 7. The van der Waals surface area contributed by atoms with E-state index in [1.165, 1.54) is 20.5 Å². The zero-order chi connectivity index (χ0) is 21.4. The molecule has 0 amide bonds. The number of benzene rings is 1. The Balaban J connectivity index is 1.45. The van der Waals surface area contributed by atoms with Crippen LogP contribution in [0.5, 0.6) is 0 Å². The number of nitrogens with zero attached hydrogens (tertiary/aromatic N) is 3. The molecule has 1 aromatic carbocycles. The Morgan fingerprint density at radius 3 is 2.84 bits per heavy atom. The van der Waals surface area contributed by atoms with Crippen molar-refractivity contribution in [1.29, 1.82) is 0 Å². The summed E-state index contributed by atoms with van der Waals surface area (Å²) >= 11 is 2.87. The van der Waals surface area contributed by atoms with Crippen LogP contribution in [0.1, 0.15) is 4.88 Å². The molecule has 1 N–H and O–H groups in total. The fourth-order valence-electron chi connectivity index (χ4n) is 3.68. The quantitative estimate of drug-likeness (QED) is 0.457. The number of ether oxygens (including phenoxy) is 1. The monoisotopic (exact) mass is 474 g/mol. The molecule has 4 heterocycles. The molecule has 31 heavy (non-hydrogen) atoms. The Hall–Kier alpha value is -2.24. The van der Waals surface area contributed by atoms with Crippen molar-refractivity contribution in [2.45, 2.75) is 10.8 Å². The molecule has 0 radical (unpaired) electrons. The largest absolute Gasteiger partial charge is 0.379 e. The highest BCUT2D eigenvalue weighted by atomic mass is 32.2. The van der Waals surface area contributed by atoms with Gasteiger partial charge in [0.15, 0.2) is 0 Å². The van der Waals surface area contributed by atoms with Gasteiger partial charge < -0.3 is 9.72 Å². The Kier molecular flexibility index (Phi) is 5.57. The molecule has 1 aliphatic rings. The number of para-hydroxylation sites is 1. The molecule has 0 saturated carbocycles. The number of fused-ring (bicyclic) bond motifs is 1. The lowest BCUT2D eigenvalue weighted by atomic mass is 10.2. The van der Waals surface area contributed by atoms with Gasteiger partial charge in [-0.3, -0.25) is 9.21 Å². The zero-order valence-corrected chi connectivity index (χ0v) is 19.4. The number of aromatic amines is 1. The van der Waals surface area contributed by atoms with Crippen molar-refractivity contribution in [3.8, 4) is 10.7 Å². The van der Waals surface area contributed by atoms with Gasteiger partial charge in [0.1, 0.15) is 9.22 Å². The highest BCUT2D eigenvalue weighted by Crippen LogP contribution is 2.34. The summed E-state index contributed by atoms with van der Waals surface area (Å²) in [5, 5.41) is 3.62. The van der Waals surface area contributed by atoms with E-state index >= 15 is 0 Å². The molecule has 0 spiro atoms. The Labute approximate surface area is 189 Å². The van der Waals surface area contributed by atoms with Gasteiger partial charge in [-0.05, 0) is 23.6 Å². The van der Waals surface area contributed by atoms with Crippen LogP contribution in [0.15, 0.2) is 52.2 Å². The number of thiazole rings is 1. The van der Waals surface area contributed by atoms with E-state index in [-0.39, 0.29) is 0 Å². The fourth-order valence-corrected chi connectivity index (χ4v) is 6.97. The molecule has 3 aromatic heterocycles. The minimum atomic E-state index is -3.60. The van der Waals surface area contributed by atoms with Gasteiger partial charge in [-0.1, -0.05) is 18.2 Å². The maximum Gasteiger partial charge on any atom is 0.273 e. The average Bonchev–Trinajstić information content (AvgIpc) is 3.53. The zero-order valence-electron chi connectivity index (χ0n) is 16.9. The minimum Gasteiger partial charge on any atom is -0.379 e. The van der Waals surface area contributed by atoms with Crippen LogP contribution in [-0.2, 0) is 21.3 Å². The Morgan fingerprint density at radius 1 is 1.23 bits per heavy atom. The smallest absolute Gasteiger partial charge is 0.273 e. The summed E-state index contributed by atoms with van der Waals surface area (Å²) in [6.45, 7) is 4.30. The number of H-pyrrole nitrogens is 1. The van der Waals surface area contributed by atoms with Crippen molar-refractivity contribution in [2.75, 3.05) is 37.7 Å². The molecule has 1 saturated heterocycles. The molecule has 5 rings (SSSR count). The predicted octanol–water partition coefficient (Wildman–Crippen LogP) is 4.01. The lowest BCUT2D eigenvalue weighted by molar-refractivity contribution is 0.0346. The SMILES string of the molecule is CN(c1cccc2cc(-c3ncc(CN4CCOCC4)s3)[nH]c12)S(=O)(=O)c1cccs1. The molecule has 1 fully saturated rings. The number of sulfonamides is 1. The first-order valence-electron chi connectivity index (χ1n) is 9.92. The second-order valence-corrected chi connectivity index (χ2v) is 11.6. The van der Waals surface area contributed by atoms with E-state index in [1.54, 1.807) is 35.9 Å². The van der Waals surface area contributed by atoms with Crippen LogP contribution < -0.4 is 4.31 Å². The highest BCUT2D eigenvalue weighted by Gasteiger charge is 2.24. The third-order valence-electron chi connectivity index (χ3n) is 5.35. The first-order chi connectivity index (χ1) is 15.0. The number of aromatic nitrogens is 2. The van der Waals surface area contributed by atoms with Crippen LogP contribution in [0, 0.1) is 0 Å². The average molecular weight is 475 g/mol. The van der Waals surface area contributed by atoms with Crippen LogP contribution in [0.3, 0.4) is 0 Å². The number of anilines is 1. The molecule has 7 nitrogen and oxygen atoms in total. The van der Waals surface area contributed by atoms with E-state index in [1.807, 2.05) is 30.5 Å². The summed E-state index contributed by atoms with van der Waals surface area (Å²) in [4.78, 5) is 11.6. The number of nitrogens with one attached hydrogen (secondary N) is 1. The first-order valence-corrected chi connectivity index (χ1v) is 13.1. The molecule has 0 bridgehead atoms. The standard InChI is InChI=1S/C21H22N4O3S3/c1-24(31(26,27)19-6-3-11-29-19)18-5-2-4-15-12-17(23-20(15)18)21-22-13-16(30-21)14-25-7-9-28-10-8-25/h2-6,11-13,23H,7-10,14H2,1H3. The van der Waals surface area contributed by atoms with Crippen molar-refractivity contribution in [1.82, 2.24) is 14.9 Å². The summed E-state index contributed by atoms with van der Waals surface area (Å²) in [6.07, 6.45) is 1.93. The summed E-state index contributed by atoms with van der Waals surface area (Å²) in [7, 11) is -2.01. The third-order valence-corrected chi connectivity index (χ3v) is 9.51. The number of hydrogen-bond donors (Lipinski definition) is 1. The summed E-state index contributed by atoms with van der Waals surface area (Å²) in [6, 6.07) is 11.1. The lowest BCUT2D eigenvalue weighted by Crippen LogP contribution is -2.35. The van der Waals surface area contributed by atoms with Gasteiger partial charge in [0, 0.05) is 43.1 Å². The van der Waals surface area contributed by atoms with E-state index in [9.17, 15) is 8.42 Å². The van der Waals surface area contributed by atoms with Gasteiger partial charge in [0.25, 0.3) is 10.0 Å². The van der Waals surface area contributed by atoms with Crippen molar-refractivity contribution in [3.63, 3.8) is 0 Å². The predicted molar refractivity (Wildman–Crippen MR) is 125 cm³/mol. The minimum absolute atomic E-state index is 0.325. The first kappa shape index (κ1) is 20.7. The van der Waals surface area contributed by atoms with Crippen molar-refractivity contribution < 1.29 is 13.2 Å². The molecular formula is C21H22N4O3S3. The topological polar surface area (TPSA) is 78.5 Å². The third kappa shape index (κ3) is 4.01.